The second kappa shape index (κ2) is 8.55. The molecule has 1 heterocycles. The molecule has 4 nitrogen and oxygen atoms in total. The largest absolute Gasteiger partial charge is 0.357 e. The maximum atomic E-state index is 4.34. The first-order valence-electron chi connectivity index (χ1n) is 8.28. The van der Waals surface area contributed by atoms with Crippen molar-refractivity contribution in [3.8, 4) is 0 Å². The Morgan fingerprint density at radius 3 is 2.46 bits per heavy atom. The van der Waals surface area contributed by atoms with Gasteiger partial charge in [0.05, 0.1) is 0 Å². The normalized spacial score (nSPS) is 15.5. The van der Waals surface area contributed by atoms with E-state index in [1.807, 2.05) is 14.1 Å². The number of aryl methyl sites for hydroxylation is 1. The molecule has 2 aromatic rings. The third-order valence-electron chi connectivity index (χ3n) is 4.59. The fourth-order valence-corrected chi connectivity index (χ4v) is 2.96. The molecular weight excluding hydrogens is 411 g/mol. The summed E-state index contributed by atoms with van der Waals surface area (Å²) in [7, 11) is 3.87. The van der Waals surface area contributed by atoms with Gasteiger partial charge in [-0.2, -0.15) is 0 Å². The first-order valence-corrected chi connectivity index (χ1v) is 8.28. The Hall–Kier alpha value is -1.50. The third-order valence-corrected chi connectivity index (χ3v) is 4.59. The van der Waals surface area contributed by atoms with Gasteiger partial charge in [-0.1, -0.05) is 30.3 Å². The van der Waals surface area contributed by atoms with Crippen molar-refractivity contribution < 1.29 is 0 Å². The van der Waals surface area contributed by atoms with E-state index in [9.17, 15) is 0 Å². The van der Waals surface area contributed by atoms with E-state index in [4.69, 9.17) is 0 Å². The maximum Gasteiger partial charge on any atom is 0.191 e. The monoisotopic (exact) mass is 438 g/mol. The van der Waals surface area contributed by atoms with E-state index in [0.29, 0.717) is 5.41 Å². The Kier molecular flexibility index (Phi) is 6.71. The summed E-state index contributed by atoms with van der Waals surface area (Å²) >= 11 is 0. The Bertz CT molecular complexity index is 659. The average Bonchev–Trinajstić information content (AvgIpc) is 3.20. The van der Waals surface area contributed by atoms with Crippen molar-refractivity contribution in [3.05, 3.63) is 59.9 Å². The number of benzene rings is 1. The first kappa shape index (κ1) is 18.8. The van der Waals surface area contributed by atoms with E-state index in [-0.39, 0.29) is 24.0 Å². The van der Waals surface area contributed by atoms with Crippen molar-refractivity contribution in [1.29, 1.82) is 0 Å². The Balaban J connectivity index is 0.00000208. The van der Waals surface area contributed by atoms with Crippen molar-refractivity contribution in [1.82, 2.24) is 15.2 Å². The molecule has 0 spiro atoms. The van der Waals surface area contributed by atoms with Gasteiger partial charge in [0.2, 0.25) is 0 Å². The van der Waals surface area contributed by atoms with Crippen molar-refractivity contribution in [2.24, 2.45) is 17.5 Å². The van der Waals surface area contributed by atoms with Crippen LogP contribution in [0.2, 0.25) is 0 Å². The van der Waals surface area contributed by atoms with E-state index in [2.05, 4.69) is 69.0 Å². The number of nitrogens with one attached hydrogen (secondary N) is 2. The lowest BCUT2D eigenvalue weighted by atomic mass is 9.96. The highest BCUT2D eigenvalue weighted by atomic mass is 127. The summed E-state index contributed by atoms with van der Waals surface area (Å²) in [6.07, 6.45) is 7.93. The molecular formula is C19H27IN4. The van der Waals surface area contributed by atoms with Gasteiger partial charge in [0.15, 0.2) is 5.96 Å². The van der Waals surface area contributed by atoms with Crippen LogP contribution in [0, 0.1) is 5.41 Å². The molecule has 0 saturated heterocycles. The number of hydrogen-bond acceptors (Lipinski definition) is 1. The topological polar surface area (TPSA) is 41.4 Å². The van der Waals surface area contributed by atoms with Crippen LogP contribution in [-0.4, -0.2) is 24.1 Å². The van der Waals surface area contributed by atoms with Gasteiger partial charge in [0, 0.05) is 39.6 Å². The van der Waals surface area contributed by atoms with Crippen LogP contribution in [0.15, 0.2) is 53.8 Å². The second-order valence-corrected chi connectivity index (χ2v) is 6.63. The predicted octanol–water partition coefficient (Wildman–Crippen LogP) is 3.33. The van der Waals surface area contributed by atoms with E-state index in [1.54, 1.807) is 0 Å². The average molecular weight is 438 g/mol. The number of nitrogens with zero attached hydrogens (tertiary/aromatic N) is 2. The highest BCUT2D eigenvalue weighted by Gasteiger charge is 2.42. The van der Waals surface area contributed by atoms with Crippen LogP contribution in [0.25, 0.3) is 0 Å². The Labute approximate surface area is 161 Å². The predicted molar refractivity (Wildman–Crippen MR) is 111 cm³/mol. The highest BCUT2D eigenvalue weighted by molar-refractivity contribution is 14.0. The molecule has 0 radical (unpaired) electrons. The summed E-state index contributed by atoms with van der Waals surface area (Å²) in [6.45, 7) is 1.78. The van der Waals surface area contributed by atoms with E-state index >= 15 is 0 Å². The van der Waals surface area contributed by atoms with Gasteiger partial charge in [0.1, 0.15) is 0 Å². The summed E-state index contributed by atoms with van der Waals surface area (Å²) in [5.74, 6) is 0.883. The summed E-state index contributed by atoms with van der Waals surface area (Å²) in [6, 6.07) is 12.9. The van der Waals surface area contributed by atoms with Crippen LogP contribution in [0.3, 0.4) is 0 Å². The number of rotatable bonds is 6. The molecule has 0 amide bonds. The molecule has 130 valence electrons. The van der Waals surface area contributed by atoms with Crippen LogP contribution in [0.1, 0.15) is 24.0 Å². The van der Waals surface area contributed by atoms with Crippen LogP contribution in [-0.2, 0) is 20.0 Å². The molecule has 5 heteroatoms. The van der Waals surface area contributed by atoms with Crippen LogP contribution in [0.5, 0.6) is 0 Å². The minimum absolute atomic E-state index is 0. The lowest BCUT2D eigenvalue weighted by molar-refractivity contribution is 0.492. The molecule has 24 heavy (non-hydrogen) atoms. The summed E-state index contributed by atoms with van der Waals surface area (Å²) in [5.41, 5.74) is 3.10. The van der Waals surface area contributed by atoms with Crippen molar-refractivity contribution in [2.75, 3.05) is 13.6 Å². The molecule has 1 aliphatic carbocycles. The highest BCUT2D eigenvalue weighted by Crippen LogP contribution is 2.47. The lowest BCUT2D eigenvalue weighted by Gasteiger charge is -2.18. The van der Waals surface area contributed by atoms with Crippen LogP contribution >= 0.6 is 24.0 Å². The number of aliphatic imine (C=N–C) groups is 1. The van der Waals surface area contributed by atoms with E-state index < -0.39 is 0 Å². The molecule has 3 rings (SSSR count). The van der Waals surface area contributed by atoms with Gasteiger partial charge < -0.3 is 15.2 Å². The van der Waals surface area contributed by atoms with Crippen LogP contribution in [0.4, 0.5) is 0 Å². The number of halogens is 1. The summed E-state index contributed by atoms with van der Waals surface area (Å²) < 4.78 is 2.06. The van der Waals surface area contributed by atoms with Crippen LogP contribution < -0.4 is 10.6 Å². The molecule has 1 saturated carbocycles. The van der Waals surface area contributed by atoms with Gasteiger partial charge in [-0.05, 0) is 41.9 Å². The van der Waals surface area contributed by atoms with E-state index in [0.717, 1.165) is 25.5 Å². The number of aromatic nitrogens is 1. The fourth-order valence-electron chi connectivity index (χ4n) is 2.96. The molecule has 0 aliphatic heterocycles. The molecule has 0 bridgehead atoms. The molecule has 1 fully saturated rings. The maximum absolute atomic E-state index is 4.34. The molecule has 1 aromatic carbocycles. The van der Waals surface area contributed by atoms with Crippen molar-refractivity contribution in [2.45, 2.75) is 25.8 Å². The first-order chi connectivity index (χ1) is 11.2. The summed E-state index contributed by atoms with van der Waals surface area (Å²) in [5, 5.41) is 6.89. The zero-order valence-electron chi connectivity index (χ0n) is 14.5. The van der Waals surface area contributed by atoms with Gasteiger partial charge in [0.25, 0.3) is 0 Å². The SMILES string of the molecule is CN=C(NCc1ccn(C)c1)NCC1(Cc2ccccc2)CC1.I. The zero-order chi connectivity index (χ0) is 16.1. The van der Waals surface area contributed by atoms with Gasteiger partial charge >= 0.3 is 0 Å². The van der Waals surface area contributed by atoms with Gasteiger partial charge in [-0.25, -0.2) is 0 Å². The van der Waals surface area contributed by atoms with Crippen molar-refractivity contribution >= 4 is 29.9 Å². The summed E-state index contributed by atoms with van der Waals surface area (Å²) in [4.78, 5) is 4.34. The standard InChI is InChI=1S/C19H26N4.HI/c1-20-18(21-13-17-8-11-23(2)14-17)22-15-19(9-10-19)12-16-6-4-3-5-7-16;/h3-8,11,14H,9-10,12-13,15H2,1-2H3,(H2,20,21,22);1H. The van der Waals surface area contributed by atoms with Gasteiger partial charge in [-0.15, -0.1) is 24.0 Å². The Morgan fingerprint density at radius 2 is 1.88 bits per heavy atom. The fraction of sp³-hybridized carbons (Fsp3) is 0.421. The smallest absolute Gasteiger partial charge is 0.191 e. The minimum Gasteiger partial charge on any atom is -0.357 e. The molecule has 1 aromatic heterocycles. The van der Waals surface area contributed by atoms with E-state index in [1.165, 1.54) is 24.0 Å². The number of hydrogen-bond donors (Lipinski definition) is 2. The number of guanidine groups is 1. The van der Waals surface area contributed by atoms with Crippen molar-refractivity contribution in [3.63, 3.8) is 0 Å². The van der Waals surface area contributed by atoms with Gasteiger partial charge in [-0.3, -0.25) is 4.99 Å². The molecule has 0 atom stereocenters. The lowest BCUT2D eigenvalue weighted by Crippen LogP contribution is -2.40. The molecule has 2 N–H and O–H groups in total. The Morgan fingerprint density at radius 1 is 1.12 bits per heavy atom. The molecule has 0 unspecified atom stereocenters. The quantitative estimate of drug-likeness (QED) is 0.413. The second-order valence-electron chi connectivity index (χ2n) is 6.63. The molecule has 1 aliphatic rings. The minimum atomic E-state index is 0. The third kappa shape index (κ3) is 5.26. The zero-order valence-corrected chi connectivity index (χ0v) is 16.8.